The van der Waals surface area contributed by atoms with Crippen LogP contribution in [-0.4, -0.2) is 22.2 Å². The second kappa shape index (κ2) is 5.93. The highest BCUT2D eigenvalue weighted by Crippen LogP contribution is 2.31. The molecule has 0 saturated heterocycles. The molecule has 0 spiro atoms. The maximum absolute atomic E-state index is 11.2. The standard InChI is InChI=1S/C12H15N3O3/c1-7(2)10(11(12(17)18)14-15-13)8-3-5-9(16)6-4-8/h3-7,10-11,16H,1-2H3,(H,17,18)/t10-,11-/m1/s1. The average molecular weight is 249 g/mol. The van der Waals surface area contributed by atoms with Crippen molar-refractivity contribution in [3.8, 4) is 5.75 Å². The molecule has 0 unspecified atom stereocenters. The third-order valence-electron chi connectivity index (χ3n) is 2.77. The van der Waals surface area contributed by atoms with Crippen molar-refractivity contribution >= 4 is 5.97 Å². The van der Waals surface area contributed by atoms with E-state index in [-0.39, 0.29) is 11.7 Å². The highest BCUT2D eigenvalue weighted by Gasteiger charge is 2.30. The number of carboxylic acids is 1. The van der Waals surface area contributed by atoms with E-state index < -0.39 is 17.9 Å². The number of aromatic hydroxyl groups is 1. The average Bonchev–Trinajstić information content (AvgIpc) is 2.30. The molecule has 1 rings (SSSR count). The molecular weight excluding hydrogens is 234 g/mol. The number of benzene rings is 1. The summed E-state index contributed by atoms with van der Waals surface area (Å²) in [7, 11) is 0. The van der Waals surface area contributed by atoms with Gasteiger partial charge in [-0.3, -0.25) is 4.79 Å². The normalized spacial score (nSPS) is 13.7. The summed E-state index contributed by atoms with van der Waals surface area (Å²) in [4.78, 5) is 13.8. The van der Waals surface area contributed by atoms with Crippen molar-refractivity contribution in [3.63, 3.8) is 0 Å². The fourth-order valence-electron chi connectivity index (χ4n) is 1.96. The van der Waals surface area contributed by atoms with Gasteiger partial charge in [-0.2, -0.15) is 0 Å². The summed E-state index contributed by atoms with van der Waals surface area (Å²) < 4.78 is 0. The number of aliphatic carboxylic acids is 1. The topological polar surface area (TPSA) is 106 Å². The van der Waals surface area contributed by atoms with E-state index in [0.717, 1.165) is 5.56 Å². The van der Waals surface area contributed by atoms with E-state index in [4.69, 9.17) is 10.6 Å². The van der Waals surface area contributed by atoms with E-state index in [1.54, 1.807) is 12.1 Å². The predicted molar refractivity (Wildman–Crippen MR) is 66.3 cm³/mol. The van der Waals surface area contributed by atoms with E-state index >= 15 is 0 Å². The van der Waals surface area contributed by atoms with Crippen LogP contribution in [0.15, 0.2) is 29.4 Å². The number of carboxylic acid groups (broad SMARTS) is 1. The fraction of sp³-hybridized carbons (Fsp3) is 0.417. The van der Waals surface area contributed by atoms with E-state index in [1.807, 2.05) is 13.8 Å². The number of hydrogen-bond donors (Lipinski definition) is 2. The molecule has 2 atom stereocenters. The van der Waals surface area contributed by atoms with Crippen molar-refractivity contribution in [2.45, 2.75) is 25.8 Å². The molecule has 1 aromatic rings. The molecule has 0 aliphatic rings. The number of carbonyl (C=O) groups is 1. The second-order valence-electron chi connectivity index (χ2n) is 4.35. The first kappa shape index (κ1) is 13.9. The third-order valence-corrected chi connectivity index (χ3v) is 2.77. The molecule has 6 heteroatoms. The summed E-state index contributed by atoms with van der Waals surface area (Å²) in [6, 6.07) is 5.10. The Hall–Kier alpha value is -2.20. The van der Waals surface area contributed by atoms with Gasteiger partial charge in [-0.15, -0.1) is 0 Å². The minimum atomic E-state index is -1.15. The Balaban J connectivity index is 3.19. The Morgan fingerprint density at radius 1 is 1.33 bits per heavy atom. The monoisotopic (exact) mass is 249 g/mol. The maximum Gasteiger partial charge on any atom is 0.313 e. The highest BCUT2D eigenvalue weighted by atomic mass is 16.4. The molecule has 18 heavy (non-hydrogen) atoms. The summed E-state index contributed by atoms with van der Waals surface area (Å²) in [6.45, 7) is 3.72. The van der Waals surface area contributed by atoms with Gasteiger partial charge in [0.2, 0.25) is 0 Å². The Morgan fingerprint density at radius 3 is 2.28 bits per heavy atom. The van der Waals surface area contributed by atoms with Crippen molar-refractivity contribution in [1.82, 2.24) is 0 Å². The number of phenols is 1. The molecule has 0 radical (unpaired) electrons. The van der Waals surface area contributed by atoms with E-state index in [0.29, 0.717) is 0 Å². The molecule has 6 nitrogen and oxygen atoms in total. The van der Waals surface area contributed by atoms with E-state index in [9.17, 15) is 9.90 Å². The largest absolute Gasteiger partial charge is 0.508 e. The van der Waals surface area contributed by atoms with Crippen LogP contribution in [0.5, 0.6) is 5.75 Å². The molecule has 0 aliphatic carbocycles. The van der Waals surface area contributed by atoms with Gasteiger partial charge in [-0.1, -0.05) is 31.1 Å². The van der Waals surface area contributed by atoms with Gasteiger partial charge in [0.05, 0.1) is 0 Å². The van der Waals surface area contributed by atoms with Crippen molar-refractivity contribution in [2.75, 3.05) is 0 Å². The zero-order chi connectivity index (χ0) is 13.7. The van der Waals surface area contributed by atoms with Gasteiger partial charge in [0.25, 0.3) is 0 Å². The minimum Gasteiger partial charge on any atom is -0.508 e. The van der Waals surface area contributed by atoms with Gasteiger partial charge in [0.15, 0.2) is 0 Å². The van der Waals surface area contributed by atoms with Crippen LogP contribution in [0.2, 0.25) is 0 Å². The molecule has 1 aromatic carbocycles. The first-order valence-electron chi connectivity index (χ1n) is 5.53. The molecule has 0 aliphatic heterocycles. The number of azide groups is 1. The Kier molecular flexibility index (Phi) is 4.57. The quantitative estimate of drug-likeness (QED) is 0.476. The molecule has 0 amide bonds. The number of phenolic OH excluding ortho intramolecular Hbond substituents is 1. The summed E-state index contributed by atoms with van der Waals surface area (Å²) in [6.07, 6.45) is 0. The zero-order valence-electron chi connectivity index (χ0n) is 10.2. The predicted octanol–water partition coefficient (Wildman–Crippen LogP) is 2.90. The lowest BCUT2D eigenvalue weighted by molar-refractivity contribution is -0.139. The van der Waals surface area contributed by atoms with Crippen molar-refractivity contribution in [1.29, 1.82) is 0 Å². The lowest BCUT2D eigenvalue weighted by atomic mass is 9.82. The molecule has 0 saturated carbocycles. The smallest absolute Gasteiger partial charge is 0.313 e. The van der Waals surface area contributed by atoms with Crippen LogP contribution >= 0.6 is 0 Å². The first-order chi connectivity index (χ1) is 8.47. The van der Waals surface area contributed by atoms with Crippen molar-refractivity contribution in [2.24, 2.45) is 11.0 Å². The minimum absolute atomic E-state index is 0.0128. The van der Waals surface area contributed by atoms with Gasteiger partial charge in [-0.25, -0.2) is 0 Å². The Bertz CT molecular complexity index is 462. The van der Waals surface area contributed by atoms with Crippen LogP contribution in [0.1, 0.15) is 25.3 Å². The SMILES string of the molecule is CC(C)[C@H](c1ccc(O)cc1)[C@@H](N=[N+]=[N-])C(=O)O. The molecule has 0 bridgehead atoms. The van der Waals surface area contributed by atoms with E-state index in [1.165, 1.54) is 12.1 Å². The van der Waals surface area contributed by atoms with Crippen LogP contribution in [-0.2, 0) is 4.79 Å². The van der Waals surface area contributed by atoms with Gasteiger partial charge < -0.3 is 10.2 Å². The molecular formula is C12H15N3O3. The summed E-state index contributed by atoms with van der Waals surface area (Å²) in [5.74, 6) is -1.49. The summed E-state index contributed by atoms with van der Waals surface area (Å²) >= 11 is 0. The number of nitrogens with zero attached hydrogens (tertiary/aromatic N) is 3. The van der Waals surface area contributed by atoms with Crippen LogP contribution in [0.4, 0.5) is 0 Å². The zero-order valence-corrected chi connectivity index (χ0v) is 10.2. The summed E-state index contributed by atoms with van der Waals surface area (Å²) in [5, 5.41) is 21.7. The van der Waals surface area contributed by atoms with Crippen molar-refractivity contribution < 1.29 is 15.0 Å². The molecule has 0 heterocycles. The van der Waals surface area contributed by atoms with Gasteiger partial charge in [0, 0.05) is 10.8 Å². The fourth-order valence-corrected chi connectivity index (χ4v) is 1.96. The lowest BCUT2D eigenvalue weighted by Crippen LogP contribution is -2.29. The highest BCUT2D eigenvalue weighted by molar-refractivity contribution is 5.75. The molecule has 0 fully saturated rings. The van der Waals surface area contributed by atoms with E-state index in [2.05, 4.69) is 10.0 Å². The van der Waals surface area contributed by atoms with Crippen LogP contribution in [0, 0.1) is 5.92 Å². The van der Waals surface area contributed by atoms with Gasteiger partial charge >= 0.3 is 5.97 Å². The van der Waals surface area contributed by atoms with Crippen molar-refractivity contribution in [3.05, 3.63) is 40.3 Å². The Labute approximate surface area is 105 Å². The number of rotatable bonds is 5. The van der Waals surface area contributed by atoms with Crippen LogP contribution in [0.25, 0.3) is 10.4 Å². The lowest BCUT2D eigenvalue weighted by Gasteiger charge is -2.24. The first-order valence-corrected chi connectivity index (χ1v) is 5.53. The number of hydrogen-bond acceptors (Lipinski definition) is 3. The third kappa shape index (κ3) is 3.15. The molecule has 2 N–H and O–H groups in total. The van der Waals surface area contributed by atoms with Gasteiger partial charge in [0.1, 0.15) is 11.8 Å². The van der Waals surface area contributed by atoms with Crippen LogP contribution in [0.3, 0.4) is 0 Å². The molecule has 96 valence electrons. The summed E-state index contributed by atoms with van der Waals surface area (Å²) in [5.41, 5.74) is 9.19. The maximum atomic E-state index is 11.2. The second-order valence-corrected chi connectivity index (χ2v) is 4.35. The Morgan fingerprint density at radius 2 is 1.89 bits per heavy atom. The molecule has 0 aromatic heterocycles. The van der Waals surface area contributed by atoms with Gasteiger partial charge in [-0.05, 0) is 29.1 Å². The van der Waals surface area contributed by atoms with Crippen LogP contribution < -0.4 is 0 Å².